The molecule has 2 aliphatic rings. The van der Waals surface area contributed by atoms with Crippen LogP contribution in [-0.2, 0) is 11.3 Å². The molecule has 0 bridgehead atoms. The maximum Gasteiger partial charge on any atom is 0.238 e. The van der Waals surface area contributed by atoms with Crippen molar-refractivity contribution in [1.29, 1.82) is 0 Å². The molecule has 2 fully saturated rings. The lowest BCUT2D eigenvalue weighted by Crippen LogP contribution is -2.58. The van der Waals surface area contributed by atoms with E-state index in [1.165, 1.54) is 12.8 Å². The number of rotatable bonds is 6. The topological polar surface area (TPSA) is 85.8 Å². The molecular formula is C15H25N5O. The van der Waals surface area contributed by atoms with Gasteiger partial charge in [0.1, 0.15) is 17.2 Å². The predicted molar refractivity (Wildman–Crippen MR) is 79.5 cm³/mol. The van der Waals surface area contributed by atoms with E-state index < -0.39 is 5.54 Å². The summed E-state index contributed by atoms with van der Waals surface area (Å²) in [5.74, 6) is 1.87. The van der Waals surface area contributed by atoms with Crippen LogP contribution in [-0.4, -0.2) is 32.3 Å². The molecule has 2 unspecified atom stereocenters. The van der Waals surface area contributed by atoms with E-state index >= 15 is 0 Å². The first-order chi connectivity index (χ1) is 10.0. The first-order valence-corrected chi connectivity index (χ1v) is 7.97. The largest absolute Gasteiger partial charge is 0.368 e. The van der Waals surface area contributed by atoms with Gasteiger partial charge in [0.2, 0.25) is 5.91 Å². The maximum absolute atomic E-state index is 12.1. The second-order valence-corrected chi connectivity index (χ2v) is 6.56. The average molecular weight is 291 g/mol. The Hall–Kier alpha value is -1.43. The van der Waals surface area contributed by atoms with Gasteiger partial charge in [0, 0.05) is 12.6 Å². The average Bonchev–Trinajstić information content (AvgIpc) is 3.03. The monoisotopic (exact) mass is 291 g/mol. The van der Waals surface area contributed by atoms with Crippen LogP contribution in [0.25, 0.3) is 0 Å². The molecule has 2 aliphatic carbocycles. The van der Waals surface area contributed by atoms with Crippen LogP contribution in [0.4, 0.5) is 0 Å². The van der Waals surface area contributed by atoms with E-state index in [9.17, 15) is 4.79 Å². The van der Waals surface area contributed by atoms with Crippen molar-refractivity contribution in [3.8, 4) is 0 Å². The summed E-state index contributed by atoms with van der Waals surface area (Å²) in [4.78, 5) is 16.4. The number of primary amides is 1. The Morgan fingerprint density at radius 3 is 2.76 bits per heavy atom. The molecule has 21 heavy (non-hydrogen) atoms. The number of amides is 1. The molecule has 3 N–H and O–H groups in total. The minimum absolute atomic E-state index is 0.177. The van der Waals surface area contributed by atoms with Crippen molar-refractivity contribution in [1.82, 2.24) is 20.1 Å². The van der Waals surface area contributed by atoms with E-state index in [-0.39, 0.29) is 5.91 Å². The van der Waals surface area contributed by atoms with Gasteiger partial charge in [0.05, 0.1) is 0 Å². The molecule has 1 aromatic rings. The molecular weight excluding hydrogens is 266 g/mol. The number of carbonyl (C=O) groups is 1. The van der Waals surface area contributed by atoms with Crippen molar-refractivity contribution in [3.05, 3.63) is 11.6 Å². The highest BCUT2D eigenvalue weighted by Crippen LogP contribution is 2.40. The Bertz CT molecular complexity index is 536. The fourth-order valence-corrected chi connectivity index (χ4v) is 3.70. The first-order valence-electron chi connectivity index (χ1n) is 7.97. The Morgan fingerprint density at radius 1 is 1.43 bits per heavy atom. The lowest BCUT2D eigenvalue weighted by molar-refractivity contribution is -0.126. The molecule has 1 amide bonds. The molecule has 1 heterocycles. The lowest BCUT2D eigenvalue weighted by atomic mass is 9.83. The summed E-state index contributed by atoms with van der Waals surface area (Å²) in [7, 11) is 0. The van der Waals surface area contributed by atoms with Gasteiger partial charge in [-0.15, -0.1) is 0 Å². The Balaban J connectivity index is 1.70. The van der Waals surface area contributed by atoms with Crippen molar-refractivity contribution >= 4 is 5.91 Å². The smallest absolute Gasteiger partial charge is 0.238 e. The van der Waals surface area contributed by atoms with Crippen molar-refractivity contribution < 1.29 is 4.79 Å². The minimum Gasteiger partial charge on any atom is -0.368 e. The zero-order valence-electron chi connectivity index (χ0n) is 12.9. The van der Waals surface area contributed by atoms with Crippen LogP contribution in [0.3, 0.4) is 0 Å². The van der Waals surface area contributed by atoms with Crippen molar-refractivity contribution in [2.24, 2.45) is 11.7 Å². The quantitative estimate of drug-likeness (QED) is 0.820. The van der Waals surface area contributed by atoms with E-state index in [0.717, 1.165) is 43.9 Å². The highest BCUT2D eigenvalue weighted by Gasteiger charge is 2.49. The zero-order valence-corrected chi connectivity index (χ0v) is 12.9. The summed E-state index contributed by atoms with van der Waals surface area (Å²) < 4.78 is 1.94. The molecule has 0 spiro atoms. The van der Waals surface area contributed by atoms with Gasteiger partial charge >= 0.3 is 0 Å². The van der Waals surface area contributed by atoms with Gasteiger partial charge < -0.3 is 11.1 Å². The van der Waals surface area contributed by atoms with Crippen LogP contribution in [0.2, 0.25) is 0 Å². The third kappa shape index (κ3) is 2.81. The summed E-state index contributed by atoms with van der Waals surface area (Å²) in [6, 6.07) is 0.494. The second-order valence-electron chi connectivity index (χ2n) is 6.56. The Morgan fingerprint density at radius 2 is 2.19 bits per heavy atom. The van der Waals surface area contributed by atoms with Gasteiger partial charge in [-0.25, -0.2) is 4.98 Å². The highest BCUT2D eigenvalue weighted by atomic mass is 16.1. The van der Waals surface area contributed by atoms with Crippen molar-refractivity contribution in [2.75, 3.05) is 0 Å². The summed E-state index contributed by atoms with van der Waals surface area (Å²) in [6.07, 6.45) is 6.27. The van der Waals surface area contributed by atoms with Gasteiger partial charge in [-0.2, -0.15) is 5.10 Å². The van der Waals surface area contributed by atoms with E-state index in [0.29, 0.717) is 12.0 Å². The number of carbonyl (C=O) groups excluding carboxylic acids is 1. The van der Waals surface area contributed by atoms with Crippen LogP contribution < -0.4 is 11.1 Å². The highest BCUT2D eigenvalue weighted by molar-refractivity contribution is 5.85. The molecule has 2 atom stereocenters. The number of hydrogen-bond donors (Lipinski definition) is 2. The predicted octanol–water partition coefficient (Wildman–Crippen LogP) is 1.06. The van der Waals surface area contributed by atoms with Gasteiger partial charge in [0.15, 0.2) is 0 Å². The second kappa shape index (κ2) is 5.40. The van der Waals surface area contributed by atoms with Gasteiger partial charge in [-0.1, -0.05) is 6.42 Å². The third-order valence-electron chi connectivity index (χ3n) is 4.95. The van der Waals surface area contributed by atoms with Crippen molar-refractivity contribution in [2.45, 2.75) is 70.5 Å². The number of hydrogen-bond acceptors (Lipinski definition) is 4. The van der Waals surface area contributed by atoms with E-state index in [1.54, 1.807) is 0 Å². The normalized spacial score (nSPS) is 29.0. The van der Waals surface area contributed by atoms with Crippen LogP contribution in [0.5, 0.6) is 0 Å². The van der Waals surface area contributed by atoms with E-state index in [4.69, 9.17) is 5.73 Å². The number of nitrogens with two attached hydrogens (primary N) is 1. The molecule has 1 aromatic heterocycles. The third-order valence-corrected chi connectivity index (χ3v) is 4.95. The van der Waals surface area contributed by atoms with E-state index in [2.05, 4.69) is 15.4 Å². The minimum atomic E-state index is -0.495. The molecule has 116 valence electrons. The molecule has 6 nitrogen and oxygen atoms in total. The first kappa shape index (κ1) is 14.5. The molecule has 3 rings (SSSR count). The fourth-order valence-electron chi connectivity index (χ4n) is 3.70. The van der Waals surface area contributed by atoms with Crippen LogP contribution >= 0.6 is 0 Å². The van der Waals surface area contributed by atoms with Crippen molar-refractivity contribution in [3.63, 3.8) is 0 Å². The lowest BCUT2D eigenvalue weighted by Gasteiger charge is -2.34. The summed E-state index contributed by atoms with van der Waals surface area (Å²) in [5.41, 5.74) is 5.27. The number of aryl methyl sites for hydroxylation is 3. The molecule has 0 saturated heterocycles. The SMILES string of the molecule is Cc1nc(C)n(CCC2CCCC2(NC2CC2)C(N)=O)n1. The van der Waals surface area contributed by atoms with Crippen LogP contribution in [0.1, 0.15) is 50.2 Å². The number of nitrogens with zero attached hydrogens (tertiary/aromatic N) is 3. The Kier molecular flexibility index (Phi) is 3.73. The van der Waals surface area contributed by atoms with Crippen LogP contribution in [0.15, 0.2) is 0 Å². The van der Waals surface area contributed by atoms with Gasteiger partial charge in [-0.3, -0.25) is 9.48 Å². The molecule has 6 heteroatoms. The zero-order chi connectivity index (χ0) is 15.0. The summed E-state index contributed by atoms with van der Waals surface area (Å²) in [5, 5.41) is 7.96. The number of aromatic nitrogens is 3. The van der Waals surface area contributed by atoms with Gasteiger partial charge in [-0.05, 0) is 51.9 Å². The maximum atomic E-state index is 12.1. The molecule has 2 saturated carbocycles. The fraction of sp³-hybridized carbons (Fsp3) is 0.800. The Labute approximate surface area is 125 Å². The summed E-state index contributed by atoms with van der Waals surface area (Å²) in [6.45, 7) is 4.68. The van der Waals surface area contributed by atoms with Gasteiger partial charge in [0.25, 0.3) is 0 Å². The van der Waals surface area contributed by atoms with Crippen LogP contribution in [0, 0.1) is 19.8 Å². The standard InChI is InChI=1S/C15H25N5O/c1-10-17-11(2)20(19-10)9-7-12-4-3-8-15(12,14(16)21)18-13-5-6-13/h12-13,18H,3-9H2,1-2H3,(H2,16,21). The molecule has 0 aliphatic heterocycles. The van der Waals surface area contributed by atoms with E-state index in [1.807, 2.05) is 18.5 Å². The number of nitrogens with one attached hydrogen (secondary N) is 1. The molecule has 0 radical (unpaired) electrons. The molecule has 0 aromatic carbocycles. The summed E-state index contributed by atoms with van der Waals surface area (Å²) >= 11 is 0.